The van der Waals surface area contributed by atoms with Crippen LogP contribution in [0, 0.1) is 0 Å². The summed E-state index contributed by atoms with van der Waals surface area (Å²) in [4.78, 5) is 54.6. The van der Waals surface area contributed by atoms with Crippen LogP contribution in [0.5, 0.6) is 5.75 Å². The van der Waals surface area contributed by atoms with Crippen LogP contribution >= 0.6 is 15.9 Å². The molecule has 1 aromatic carbocycles. The molecule has 12 heteroatoms. The number of likely N-dealkylation sites (tertiary alicyclic amines) is 1. The van der Waals surface area contributed by atoms with Crippen molar-refractivity contribution in [3.8, 4) is 5.75 Å². The van der Waals surface area contributed by atoms with Gasteiger partial charge in [-0.05, 0) is 68.6 Å². The van der Waals surface area contributed by atoms with E-state index < -0.39 is 17.8 Å². The quantitative estimate of drug-likeness (QED) is 0.538. The monoisotopic (exact) mass is 568 g/mol. The number of methoxy groups -OCH3 is 1. The Hall–Kier alpha value is -3.02. The summed E-state index contributed by atoms with van der Waals surface area (Å²) >= 11 is 3.50. The maximum absolute atomic E-state index is 13.8. The summed E-state index contributed by atoms with van der Waals surface area (Å²) in [5, 5.41) is 12.0. The summed E-state index contributed by atoms with van der Waals surface area (Å²) < 4.78 is 11.1. The first-order valence-electron chi connectivity index (χ1n) is 11.8. The molecule has 0 bridgehead atoms. The third kappa shape index (κ3) is 5.69. The average molecular weight is 569 g/mol. The first kappa shape index (κ1) is 27.6. The molecule has 0 saturated carbocycles. The largest absolute Gasteiger partial charge is 0.476 e. The summed E-state index contributed by atoms with van der Waals surface area (Å²) in [7, 11) is 1.26. The molecule has 0 spiro atoms. The number of nitrogens with one attached hydrogen (secondary N) is 1. The first-order valence-corrected chi connectivity index (χ1v) is 12.6. The molecular formula is C24H33BrN4O7. The minimum Gasteiger partial charge on any atom is -0.476 e. The van der Waals surface area contributed by atoms with E-state index in [1.807, 2.05) is 13.8 Å². The Kier molecular flexibility index (Phi) is 8.37. The second kappa shape index (κ2) is 10.9. The Morgan fingerprint density at radius 3 is 2.64 bits per heavy atom. The van der Waals surface area contributed by atoms with Crippen molar-refractivity contribution < 1.29 is 33.8 Å². The lowest BCUT2D eigenvalue weighted by molar-refractivity contribution is -0.132. The molecule has 0 aromatic heterocycles. The molecule has 0 unspecified atom stereocenters. The van der Waals surface area contributed by atoms with Crippen LogP contribution in [-0.4, -0.2) is 89.9 Å². The number of carboxylic acid groups (broad SMARTS) is 1. The SMILES string of the molecule is COC(=O)NCCN1C(=O)C(C)(C)Oc2cc(Br)c(C(=O)N(C(C)C)[C@@H]3CCCN(C(=O)O)C3)cc21. The second-order valence-corrected chi connectivity index (χ2v) is 10.5. The number of piperidine rings is 1. The molecule has 2 N–H and O–H groups in total. The number of hydrogen-bond acceptors (Lipinski definition) is 6. The Bertz CT molecular complexity index is 1050. The van der Waals surface area contributed by atoms with Crippen molar-refractivity contribution in [1.82, 2.24) is 15.1 Å². The zero-order valence-electron chi connectivity index (χ0n) is 21.2. The van der Waals surface area contributed by atoms with E-state index in [9.17, 15) is 24.3 Å². The van der Waals surface area contributed by atoms with Gasteiger partial charge in [0.15, 0.2) is 5.60 Å². The highest BCUT2D eigenvalue weighted by Crippen LogP contribution is 2.41. The van der Waals surface area contributed by atoms with Crippen molar-refractivity contribution in [2.45, 2.75) is 58.2 Å². The average Bonchev–Trinajstić information content (AvgIpc) is 2.80. The van der Waals surface area contributed by atoms with Crippen LogP contribution in [0.2, 0.25) is 0 Å². The van der Waals surface area contributed by atoms with Gasteiger partial charge in [0.25, 0.3) is 11.8 Å². The molecule has 0 radical (unpaired) electrons. The molecule has 198 valence electrons. The van der Waals surface area contributed by atoms with Crippen LogP contribution in [0.15, 0.2) is 16.6 Å². The molecule has 36 heavy (non-hydrogen) atoms. The number of amides is 4. The number of carbonyl (C=O) groups is 4. The van der Waals surface area contributed by atoms with Crippen molar-refractivity contribution in [2.24, 2.45) is 0 Å². The molecule has 3 rings (SSSR count). The van der Waals surface area contributed by atoms with Crippen LogP contribution in [0.1, 0.15) is 50.9 Å². The minimum absolute atomic E-state index is 0.137. The highest BCUT2D eigenvalue weighted by molar-refractivity contribution is 9.10. The topological polar surface area (TPSA) is 129 Å². The van der Waals surface area contributed by atoms with Crippen LogP contribution < -0.4 is 15.0 Å². The van der Waals surface area contributed by atoms with Crippen LogP contribution in [0.25, 0.3) is 0 Å². The van der Waals surface area contributed by atoms with E-state index in [2.05, 4.69) is 26.0 Å². The van der Waals surface area contributed by atoms with Crippen LogP contribution in [0.3, 0.4) is 0 Å². The minimum atomic E-state index is -1.14. The van der Waals surface area contributed by atoms with Crippen LogP contribution in [0.4, 0.5) is 15.3 Å². The van der Waals surface area contributed by atoms with Crippen molar-refractivity contribution in [3.05, 3.63) is 22.2 Å². The molecule has 1 saturated heterocycles. The van der Waals surface area contributed by atoms with Gasteiger partial charge in [-0.15, -0.1) is 0 Å². The summed E-state index contributed by atoms with van der Waals surface area (Å²) in [5.41, 5.74) is -0.399. The van der Waals surface area contributed by atoms with Gasteiger partial charge in [-0.1, -0.05) is 0 Å². The van der Waals surface area contributed by atoms with E-state index in [4.69, 9.17) is 4.74 Å². The van der Waals surface area contributed by atoms with Gasteiger partial charge in [0, 0.05) is 36.7 Å². The molecule has 4 amide bonds. The van der Waals surface area contributed by atoms with Gasteiger partial charge in [0.05, 0.1) is 24.4 Å². The highest BCUT2D eigenvalue weighted by Gasteiger charge is 2.42. The fourth-order valence-electron chi connectivity index (χ4n) is 4.63. The highest BCUT2D eigenvalue weighted by atomic mass is 79.9. The number of carbonyl (C=O) groups excluding carboxylic acids is 3. The third-order valence-corrected chi connectivity index (χ3v) is 6.99. The second-order valence-electron chi connectivity index (χ2n) is 9.62. The summed E-state index contributed by atoms with van der Waals surface area (Å²) in [5.74, 6) is -0.166. The number of benzene rings is 1. The predicted octanol–water partition coefficient (Wildman–Crippen LogP) is 3.30. The number of alkyl carbamates (subject to hydrolysis) is 1. The summed E-state index contributed by atoms with van der Waals surface area (Å²) in [6.07, 6.45) is -0.258. The Labute approximate surface area is 218 Å². The van der Waals surface area contributed by atoms with E-state index in [1.165, 1.54) is 16.9 Å². The first-order chi connectivity index (χ1) is 16.9. The molecule has 2 aliphatic heterocycles. The fraction of sp³-hybridized carbons (Fsp3) is 0.583. The maximum Gasteiger partial charge on any atom is 0.407 e. The Balaban J connectivity index is 1.96. The maximum atomic E-state index is 13.8. The Morgan fingerprint density at radius 2 is 2.03 bits per heavy atom. The molecule has 2 heterocycles. The lowest BCUT2D eigenvalue weighted by Crippen LogP contribution is -2.54. The van der Waals surface area contributed by atoms with Crippen molar-refractivity contribution in [3.63, 3.8) is 0 Å². The van der Waals surface area contributed by atoms with E-state index in [1.54, 1.807) is 30.9 Å². The number of rotatable bonds is 6. The molecule has 0 aliphatic carbocycles. The number of halogens is 1. The molecule has 1 atom stereocenters. The zero-order chi connectivity index (χ0) is 26.8. The smallest absolute Gasteiger partial charge is 0.407 e. The predicted molar refractivity (Wildman–Crippen MR) is 136 cm³/mol. The molecule has 1 aromatic rings. The lowest BCUT2D eigenvalue weighted by atomic mass is 9.99. The van der Waals surface area contributed by atoms with E-state index in [-0.39, 0.29) is 43.5 Å². The molecule has 2 aliphatic rings. The van der Waals surface area contributed by atoms with Crippen molar-refractivity contribution >= 4 is 45.6 Å². The van der Waals surface area contributed by atoms with Gasteiger partial charge in [-0.2, -0.15) is 0 Å². The third-order valence-electron chi connectivity index (χ3n) is 6.34. The van der Waals surface area contributed by atoms with Gasteiger partial charge in [0.1, 0.15) is 5.75 Å². The van der Waals surface area contributed by atoms with Crippen molar-refractivity contribution in [2.75, 3.05) is 38.2 Å². The number of ether oxygens (including phenoxy) is 2. The van der Waals surface area contributed by atoms with E-state index >= 15 is 0 Å². The summed E-state index contributed by atoms with van der Waals surface area (Å²) in [6, 6.07) is 2.82. The molecular weight excluding hydrogens is 536 g/mol. The normalized spacial score (nSPS) is 18.9. The van der Waals surface area contributed by atoms with Crippen molar-refractivity contribution in [1.29, 1.82) is 0 Å². The van der Waals surface area contributed by atoms with E-state index in [0.29, 0.717) is 40.9 Å². The molecule has 1 fully saturated rings. The lowest BCUT2D eigenvalue weighted by Gasteiger charge is -2.41. The molecule has 11 nitrogen and oxygen atoms in total. The number of fused-ring (bicyclic) bond motifs is 1. The number of nitrogens with zero attached hydrogens (tertiary/aromatic N) is 3. The van der Waals surface area contributed by atoms with E-state index in [0.717, 1.165) is 0 Å². The number of hydrogen-bond donors (Lipinski definition) is 2. The van der Waals surface area contributed by atoms with Gasteiger partial charge in [0.2, 0.25) is 0 Å². The van der Waals surface area contributed by atoms with Gasteiger partial charge < -0.3 is 34.6 Å². The van der Waals surface area contributed by atoms with Gasteiger partial charge in [-0.3, -0.25) is 9.59 Å². The standard InChI is InChI=1S/C24H33BrN4O7/c1-14(2)29(15-7-6-9-27(13-15)23(33)34)20(30)16-11-18-19(12-17(16)25)36-24(3,4)21(31)28(18)10-8-26-22(32)35-5/h11-12,14-15H,6-10,13H2,1-5H3,(H,26,32)(H,33,34)/t15-/m1/s1. The zero-order valence-corrected chi connectivity index (χ0v) is 22.8. The number of anilines is 1. The van der Waals surface area contributed by atoms with Crippen LogP contribution in [-0.2, 0) is 9.53 Å². The van der Waals surface area contributed by atoms with Gasteiger partial charge in [-0.25, -0.2) is 9.59 Å². The van der Waals surface area contributed by atoms with Gasteiger partial charge >= 0.3 is 12.2 Å². The fourth-order valence-corrected chi connectivity index (χ4v) is 5.13. The Morgan fingerprint density at radius 1 is 1.33 bits per heavy atom. The summed E-state index contributed by atoms with van der Waals surface area (Å²) in [6.45, 7) is 8.06.